The molecule has 0 bridgehead atoms. The molecule has 2 rings (SSSR count). The van der Waals surface area contributed by atoms with Crippen molar-refractivity contribution in [1.82, 2.24) is 4.90 Å². The number of carbonyl (C=O) groups excluding carboxylic acids is 1. The van der Waals surface area contributed by atoms with Gasteiger partial charge in [-0.25, -0.2) is 0 Å². The summed E-state index contributed by atoms with van der Waals surface area (Å²) in [5.41, 5.74) is 2.13. The van der Waals surface area contributed by atoms with Crippen molar-refractivity contribution in [3.8, 4) is 0 Å². The van der Waals surface area contributed by atoms with Crippen LogP contribution in [0.3, 0.4) is 0 Å². The first-order valence-electron chi connectivity index (χ1n) is 6.53. The molecule has 0 aliphatic carbocycles. The summed E-state index contributed by atoms with van der Waals surface area (Å²) in [4.78, 5) is 14.4. The van der Waals surface area contributed by atoms with E-state index in [2.05, 4.69) is 30.5 Å². The zero-order valence-electron chi connectivity index (χ0n) is 11.5. The van der Waals surface area contributed by atoms with Gasteiger partial charge in [0, 0.05) is 16.7 Å². The van der Waals surface area contributed by atoms with Gasteiger partial charge in [0.25, 0.3) is 5.91 Å². The van der Waals surface area contributed by atoms with E-state index in [4.69, 9.17) is 4.74 Å². The number of amides is 1. The van der Waals surface area contributed by atoms with Crippen LogP contribution in [0, 0.1) is 3.57 Å². The lowest BCUT2D eigenvalue weighted by Gasteiger charge is -2.27. The van der Waals surface area contributed by atoms with Crippen molar-refractivity contribution in [3.05, 3.63) is 32.9 Å². The number of benzene rings is 1. The highest BCUT2D eigenvalue weighted by Gasteiger charge is 2.20. The van der Waals surface area contributed by atoms with Crippen molar-refractivity contribution in [1.29, 1.82) is 0 Å². The smallest absolute Gasteiger partial charge is 0.255 e. The van der Waals surface area contributed by atoms with Crippen LogP contribution in [0.4, 0.5) is 0 Å². The fourth-order valence-electron chi connectivity index (χ4n) is 2.11. The number of halogens is 1. The second-order valence-corrected chi connectivity index (χ2v) is 6.86. The van der Waals surface area contributed by atoms with Crippen LogP contribution in [0.25, 0.3) is 0 Å². The average Bonchev–Trinajstić information content (AvgIpc) is 2.46. The number of morpholine rings is 1. The number of nitrogens with zero attached hydrogens (tertiary/aromatic N) is 1. The van der Waals surface area contributed by atoms with Crippen LogP contribution >= 0.6 is 20.7 Å². The number of hydrogen-bond donors (Lipinski definition) is 0. The topological polar surface area (TPSA) is 29.5 Å². The van der Waals surface area contributed by atoms with E-state index in [1.54, 1.807) is 0 Å². The third-order valence-corrected chi connectivity index (χ3v) is 5.05. The molecule has 0 spiro atoms. The molecule has 104 valence electrons. The van der Waals surface area contributed by atoms with Crippen molar-refractivity contribution in [2.45, 2.75) is 19.8 Å². The number of ether oxygens (including phenoxy) is 1. The van der Waals surface area contributed by atoms with Gasteiger partial charge in [0.15, 0.2) is 0 Å². The van der Waals surface area contributed by atoms with Crippen LogP contribution in [0.2, 0.25) is 0 Å². The molecule has 0 atom stereocenters. The van der Waals surface area contributed by atoms with E-state index in [0.717, 1.165) is 9.13 Å². The van der Waals surface area contributed by atoms with E-state index in [-0.39, 0.29) is 26.6 Å². The van der Waals surface area contributed by atoms with E-state index in [1.165, 1.54) is 5.56 Å². The Kier molecular flexibility index (Phi) is 5.10. The predicted molar refractivity (Wildman–Crippen MR) is 87.1 cm³/mol. The number of rotatable bonds is 3. The molecule has 1 heterocycles. The first kappa shape index (κ1) is 14.7. The Bertz CT molecular complexity index is 479. The average molecular weight is 373 g/mol. The Morgan fingerprint density at radius 2 is 2.05 bits per heavy atom. The van der Waals surface area contributed by atoms with Gasteiger partial charge in [-0.1, -0.05) is 45.2 Å². The highest BCUT2D eigenvalue weighted by molar-refractivity contribution is 14.2. The van der Waals surface area contributed by atoms with Crippen LogP contribution in [0.5, 0.6) is 0 Å². The molecule has 1 aliphatic rings. The first-order chi connectivity index (χ1) is 9.13. The number of carbonyl (C=O) groups is 1. The summed E-state index contributed by atoms with van der Waals surface area (Å²) in [7, 11) is 0. The molecule has 1 saturated heterocycles. The summed E-state index contributed by atoms with van der Waals surface area (Å²) < 4.78 is 10.5. The third kappa shape index (κ3) is 3.42. The van der Waals surface area contributed by atoms with Gasteiger partial charge >= 0.3 is 0 Å². The van der Waals surface area contributed by atoms with Crippen LogP contribution in [0.15, 0.2) is 18.2 Å². The molecular formula is C15H20INO2. The molecule has 0 N–H and O–H groups in total. The second kappa shape index (κ2) is 6.61. The van der Waals surface area contributed by atoms with Crippen molar-refractivity contribution >= 4 is 31.2 Å². The summed E-state index contributed by atoms with van der Waals surface area (Å²) in [5, 5.41) is 0. The Hall–Kier alpha value is -0.750. The summed E-state index contributed by atoms with van der Waals surface area (Å²) in [6.45, 7) is 7.02. The monoisotopic (exact) mass is 373 g/mol. The molecule has 1 aromatic rings. The maximum Gasteiger partial charge on any atom is 0.255 e. The molecule has 4 heteroatoms. The lowest BCUT2D eigenvalue weighted by molar-refractivity contribution is 0.0302. The first-order valence-corrected chi connectivity index (χ1v) is 9.13. The van der Waals surface area contributed by atoms with E-state index in [0.29, 0.717) is 32.2 Å². The highest BCUT2D eigenvalue weighted by Crippen LogP contribution is 2.23. The zero-order valence-corrected chi connectivity index (χ0v) is 13.6. The van der Waals surface area contributed by atoms with Crippen LogP contribution in [-0.2, 0) is 4.74 Å². The minimum Gasteiger partial charge on any atom is -0.378 e. The van der Waals surface area contributed by atoms with Gasteiger partial charge in [0.1, 0.15) is 0 Å². The van der Waals surface area contributed by atoms with Crippen molar-refractivity contribution < 1.29 is 9.53 Å². The molecule has 19 heavy (non-hydrogen) atoms. The summed E-state index contributed by atoms with van der Waals surface area (Å²) in [5.74, 6) is 0.624. The van der Waals surface area contributed by atoms with E-state index in [9.17, 15) is 4.79 Å². The molecule has 0 aromatic heterocycles. The van der Waals surface area contributed by atoms with Crippen molar-refractivity contribution in [2.75, 3.05) is 26.3 Å². The fourth-order valence-corrected chi connectivity index (χ4v) is 3.51. The van der Waals surface area contributed by atoms with Crippen LogP contribution in [0.1, 0.15) is 35.7 Å². The van der Waals surface area contributed by atoms with Crippen LogP contribution in [-0.4, -0.2) is 41.6 Å². The van der Waals surface area contributed by atoms with E-state index in [1.807, 2.05) is 11.0 Å². The normalized spacial score (nSPS) is 15.8. The molecule has 0 radical (unpaired) electrons. The van der Waals surface area contributed by atoms with Crippen molar-refractivity contribution in [2.24, 2.45) is 0 Å². The Morgan fingerprint density at radius 1 is 1.37 bits per heavy atom. The summed E-state index contributed by atoms with van der Waals surface area (Å²) in [6, 6.07) is 6.22. The molecule has 0 unspecified atom stereocenters. The SMILES string of the molecule is C=Ic1cc(C(C)C)ccc1C(=O)N1CCOCC1. The van der Waals surface area contributed by atoms with E-state index < -0.39 is 0 Å². The van der Waals surface area contributed by atoms with Gasteiger partial charge in [0.05, 0.1) is 18.8 Å². The van der Waals surface area contributed by atoms with Crippen LogP contribution < -0.4 is 0 Å². The molecule has 1 fully saturated rings. The zero-order chi connectivity index (χ0) is 13.8. The van der Waals surface area contributed by atoms with Gasteiger partial charge < -0.3 is 9.64 Å². The standard InChI is InChI=1S/C15H20INO2/c1-11(2)12-4-5-13(14(10-12)16-3)15(18)17-6-8-19-9-7-17/h4-5,10-11H,3,6-9H2,1-2H3. The molecule has 1 aliphatic heterocycles. The Balaban J connectivity index is 2.28. The molecular weight excluding hydrogens is 353 g/mol. The van der Waals surface area contributed by atoms with Gasteiger partial charge in [0.2, 0.25) is 0 Å². The van der Waals surface area contributed by atoms with Gasteiger partial charge in [-0.3, -0.25) is 4.79 Å². The highest BCUT2D eigenvalue weighted by atomic mass is 127. The lowest BCUT2D eigenvalue weighted by atomic mass is 10.0. The lowest BCUT2D eigenvalue weighted by Crippen LogP contribution is -2.41. The van der Waals surface area contributed by atoms with Gasteiger partial charge in [-0.15, -0.1) is 0 Å². The van der Waals surface area contributed by atoms with Gasteiger partial charge in [-0.2, -0.15) is 0 Å². The predicted octanol–water partition coefficient (Wildman–Crippen LogP) is 2.85. The molecule has 0 saturated carbocycles. The minimum atomic E-state index is -0.340. The van der Waals surface area contributed by atoms with Gasteiger partial charge in [-0.05, 0) is 23.6 Å². The largest absolute Gasteiger partial charge is 0.378 e. The Morgan fingerprint density at radius 3 is 2.63 bits per heavy atom. The summed E-state index contributed by atoms with van der Waals surface area (Å²) >= 11 is -0.340. The summed E-state index contributed by atoms with van der Waals surface area (Å²) in [6.07, 6.45) is 0. The third-order valence-electron chi connectivity index (χ3n) is 3.33. The second-order valence-electron chi connectivity index (χ2n) is 4.93. The Labute approximate surface area is 124 Å². The quantitative estimate of drug-likeness (QED) is 0.763. The molecule has 1 aromatic carbocycles. The molecule has 1 amide bonds. The minimum absolute atomic E-state index is 0.136. The molecule has 3 nitrogen and oxygen atoms in total. The van der Waals surface area contributed by atoms with E-state index >= 15 is 0 Å². The number of hydrogen-bond acceptors (Lipinski definition) is 2. The maximum absolute atomic E-state index is 12.5. The van der Waals surface area contributed by atoms with Crippen molar-refractivity contribution in [3.63, 3.8) is 0 Å². The fraction of sp³-hybridized carbons (Fsp3) is 0.467. The maximum atomic E-state index is 12.5.